The molecule has 21 heavy (non-hydrogen) atoms. The van der Waals surface area contributed by atoms with Crippen LogP contribution in [0, 0.1) is 6.92 Å². The van der Waals surface area contributed by atoms with E-state index in [2.05, 4.69) is 27.4 Å². The van der Waals surface area contributed by atoms with Crippen molar-refractivity contribution in [1.82, 2.24) is 9.97 Å². The zero-order valence-corrected chi connectivity index (χ0v) is 12.1. The maximum Gasteiger partial charge on any atom is 0.252 e. The van der Waals surface area contributed by atoms with Gasteiger partial charge in [0.25, 0.3) is 5.56 Å². The van der Waals surface area contributed by atoms with Crippen LogP contribution in [0.2, 0.25) is 0 Å². The number of aromatic amines is 1. The maximum atomic E-state index is 11.3. The number of benzene rings is 1. The van der Waals surface area contributed by atoms with Crippen LogP contribution in [0.15, 0.2) is 40.2 Å². The van der Waals surface area contributed by atoms with Crippen molar-refractivity contribution >= 4 is 12.2 Å². The Balaban J connectivity index is 2.09. The van der Waals surface area contributed by atoms with E-state index in [4.69, 9.17) is 4.74 Å². The third kappa shape index (κ3) is 4.45. The summed E-state index contributed by atoms with van der Waals surface area (Å²) in [5, 5.41) is 4.08. The van der Waals surface area contributed by atoms with E-state index < -0.39 is 0 Å². The van der Waals surface area contributed by atoms with Crippen LogP contribution in [0.4, 0.5) is 5.95 Å². The number of nitrogens with zero attached hydrogens (tertiary/aromatic N) is 2. The Bertz CT molecular complexity index is 679. The second kappa shape index (κ2) is 7.23. The van der Waals surface area contributed by atoms with Gasteiger partial charge in [-0.05, 0) is 25.5 Å². The summed E-state index contributed by atoms with van der Waals surface area (Å²) in [5.74, 6) is 1.08. The number of para-hydroxylation sites is 1. The first-order valence-corrected chi connectivity index (χ1v) is 6.78. The van der Waals surface area contributed by atoms with Gasteiger partial charge in [-0.2, -0.15) is 5.10 Å². The Morgan fingerprint density at radius 1 is 1.43 bits per heavy atom. The Kier molecular flexibility index (Phi) is 5.09. The first-order valence-electron chi connectivity index (χ1n) is 6.78. The molecule has 6 heteroatoms. The number of aromatic nitrogens is 2. The van der Waals surface area contributed by atoms with E-state index in [-0.39, 0.29) is 5.56 Å². The molecule has 0 bridgehead atoms. The molecule has 2 aromatic rings. The highest BCUT2D eigenvalue weighted by Gasteiger charge is 2.00. The van der Waals surface area contributed by atoms with Crippen LogP contribution in [0.3, 0.4) is 0 Å². The van der Waals surface area contributed by atoms with Crippen LogP contribution in [0.25, 0.3) is 0 Å². The van der Waals surface area contributed by atoms with E-state index in [0.29, 0.717) is 18.2 Å². The van der Waals surface area contributed by atoms with Crippen molar-refractivity contribution in [2.45, 2.75) is 20.3 Å². The molecule has 1 aromatic heterocycles. The molecule has 0 amide bonds. The fourth-order valence-electron chi connectivity index (χ4n) is 1.73. The second-order valence-corrected chi connectivity index (χ2v) is 4.49. The normalized spacial score (nSPS) is 10.8. The average molecular weight is 286 g/mol. The minimum atomic E-state index is -0.216. The third-order valence-electron chi connectivity index (χ3n) is 2.62. The molecule has 2 rings (SSSR count). The number of anilines is 1. The number of hydrogen-bond donors (Lipinski definition) is 2. The monoisotopic (exact) mass is 286 g/mol. The summed E-state index contributed by atoms with van der Waals surface area (Å²) in [4.78, 5) is 18.0. The molecule has 0 unspecified atom stereocenters. The molecule has 0 aliphatic rings. The van der Waals surface area contributed by atoms with Gasteiger partial charge in [-0.3, -0.25) is 9.78 Å². The van der Waals surface area contributed by atoms with Crippen LogP contribution < -0.4 is 15.7 Å². The first kappa shape index (κ1) is 14.8. The van der Waals surface area contributed by atoms with Gasteiger partial charge in [-0.15, -0.1) is 0 Å². The fourth-order valence-corrected chi connectivity index (χ4v) is 1.73. The highest BCUT2D eigenvalue weighted by molar-refractivity contribution is 5.83. The van der Waals surface area contributed by atoms with E-state index in [9.17, 15) is 4.79 Å². The fraction of sp³-hybridized carbons (Fsp3) is 0.267. The van der Waals surface area contributed by atoms with Crippen molar-refractivity contribution < 1.29 is 4.74 Å². The van der Waals surface area contributed by atoms with Crippen molar-refractivity contribution in [3.05, 3.63) is 51.9 Å². The van der Waals surface area contributed by atoms with Crippen LogP contribution in [0.5, 0.6) is 5.75 Å². The molecule has 6 nitrogen and oxygen atoms in total. The number of H-pyrrole nitrogens is 1. The molecule has 0 fully saturated rings. The zero-order valence-electron chi connectivity index (χ0n) is 12.1. The molecule has 2 N–H and O–H groups in total. The molecule has 110 valence electrons. The summed E-state index contributed by atoms with van der Waals surface area (Å²) in [5.41, 5.74) is 3.97. The van der Waals surface area contributed by atoms with Gasteiger partial charge in [0.1, 0.15) is 5.75 Å². The van der Waals surface area contributed by atoms with E-state index in [1.165, 1.54) is 6.07 Å². The van der Waals surface area contributed by atoms with Crippen molar-refractivity contribution in [3.8, 4) is 5.75 Å². The number of ether oxygens (including phenoxy) is 1. The van der Waals surface area contributed by atoms with Crippen LogP contribution in [0.1, 0.15) is 24.6 Å². The van der Waals surface area contributed by atoms with Gasteiger partial charge in [0.05, 0.1) is 12.8 Å². The Hall–Kier alpha value is -2.63. The minimum Gasteiger partial charge on any atom is -0.493 e. The van der Waals surface area contributed by atoms with Crippen molar-refractivity contribution in [2.24, 2.45) is 5.10 Å². The molecular weight excluding hydrogens is 268 g/mol. The van der Waals surface area contributed by atoms with Crippen molar-refractivity contribution in [2.75, 3.05) is 12.0 Å². The van der Waals surface area contributed by atoms with Crippen molar-refractivity contribution in [1.29, 1.82) is 0 Å². The predicted octanol–water partition coefficient (Wildman–Crippen LogP) is 2.31. The lowest BCUT2D eigenvalue weighted by Crippen LogP contribution is -2.10. The molecule has 1 heterocycles. The number of nitrogens with one attached hydrogen (secondary N) is 2. The summed E-state index contributed by atoms with van der Waals surface area (Å²) in [7, 11) is 0. The summed E-state index contributed by atoms with van der Waals surface area (Å²) in [6.45, 7) is 4.46. The summed E-state index contributed by atoms with van der Waals surface area (Å²) in [6.07, 6.45) is 2.57. The topological polar surface area (TPSA) is 79.4 Å². The Labute approximate surface area is 122 Å². The molecule has 0 saturated heterocycles. The van der Waals surface area contributed by atoms with Crippen LogP contribution in [-0.4, -0.2) is 22.8 Å². The van der Waals surface area contributed by atoms with Gasteiger partial charge < -0.3 is 4.74 Å². The molecule has 0 radical (unpaired) electrons. The van der Waals surface area contributed by atoms with Crippen LogP contribution >= 0.6 is 0 Å². The highest BCUT2D eigenvalue weighted by atomic mass is 16.5. The van der Waals surface area contributed by atoms with Crippen molar-refractivity contribution in [3.63, 3.8) is 0 Å². The minimum absolute atomic E-state index is 0.216. The quantitative estimate of drug-likeness (QED) is 0.631. The van der Waals surface area contributed by atoms with E-state index in [1.54, 1.807) is 13.1 Å². The molecule has 0 aliphatic carbocycles. The predicted molar refractivity (Wildman–Crippen MR) is 83.0 cm³/mol. The van der Waals surface area contributed by atoms with Gasteiger partial charge >= 0.3 is 0 Å². The molecule has 0 aliphatic heterocycles. The lowest BCUT2D eigenvalue weighted by molar-refractivity contribution is 0.317. The molecule has 0 atom stereocenters. The highest BCUT2D eigenvalue weighted by Crippen LogP contribution is 2.16. The number of hydrogen-bond acceptors (Lipinski definition) is 5. The lowest BCUT2D eigenvalue weighted by Gasteiger charge is -2.07. The summed E-state index contributed by atoms with van der Waals surface area (Å²) in [6, 6.07) is 9.04. The zero-order chi connectivity index (χ0) is 15.1. The first-order chi connectivity index (χ1) is 10.2. The van der Waals surface area contributed by atoms with Gasteiger partial charge in [0.15, 0.2) is 0 Å². The molecular formula is C15H18N4O2. The maximum absolute atomic E-state index is 11.3. The Morgan fingerprint density at radius 3 is 3.00 bits per heavy atom. The van der Waals surface area contributed by atoms with Gasteiger partial charge in [-0.25, -0.2) is 10.4 Å². The van der Waals surface area contributed by atoms with Gasteiger partial charge in [0.2, 0.25) is 5.95 Å². The number of aryl methyl sites for hydroxylation is 1. The standard InChI is InChI=1S/C15H18N4O2/c1-3-8-21-13-7-5-4-6-12(13)10-16-19-15-17-11(2)9-14(20)18-15/h4-7,9-10H,3,8H2,1-2H3,(H2,17,18,19,20)/b16-10-. The van der Waals surface area contributed by atoms with Gasteiger partial charge in [0, 0.05) is 17.3 Å². The SMILES string of the molecule is CCCOc1ccccc1/C=N\Nc1nc(C)cc(=O)[nH]1. The third-order valence-corrected chi connectivity index (χ3v) is 2.62. The van der Waals surface area contributed by atoms with E-state index in [0.717, 1.165) is 17.7 Å². The lowest BCUT2D eigenvalue weighted by atomic mass is 10.2. The van der Waals surface area contributed by atoms with Gasteiger partial charge in [-0.1, -0.05) is 19.1 Å². The molecule has 0 saturated carbocycles. The Morgan fingerprint density at radius 2 is 2.24 bits per heavy atom. The number of hydrazone groups is 1. The summed E-state index contributed by atoms with van der Waals surface area (Å²) < 4.78 is 5.63. The molecule has 0 spiro atoms. The summed E-state index contributed by atoms with van der Waals surface area (Å²) >= 11 is 0. The smallest absolute Gasteiger partial charge is 0.252 e. The largest absolute Gasteiger partial charge is 0.493 e. The van der Waals surface area contributed by atoms with E-state index >= 15 is 0 Å². The second-order valence-electron chi connectivity index (χ2n) is 4.49. The molecule has 1 aromatic carbocycles. The van der Waals surface area contributed by atoms with Crippen LogP contribution in [-0.2, 0) is 0 Å². The van der Waals surface area contributed by atoms with E-state index in [1.807, 2.05) is 24.3 Å². The number of rotatable bonds is 6. The average Bonchev–Trinajstić information content (AvgIpc) is 2.45.